The van der Waals surface area contributed by atoms with E-state index in [0.717, 1.165) is 17.0 Å². The maximum absolute atomic E-state index is 12.8. The summed E-state index contributed by atoms with van der Waals surface area (Å²) >= 11 is 6.24. The van der Waals surface area contributed by atoms with Crippen molar-refractivity contribution in [2.45, 2.75) is 33.9 Å². The molecule has 0 atom stereocenters. The van der Waals surface area contributed by atoms with Gasteiger partial charge in [-0.3, -0.25) is 14.2 Å². The van der Waals surface area contributed by atoms with E-state index in [4.69, 9.17) is 11.6 Å². The second-order valence-corrected chi connectivity index (χ2v) is 8.00. The fourth-order valence-corrected chi connectivity index (χ4v) is 3.62. The van der Waals surface area contributed by atoms with E-state index >= 15 is 0 Å². The van der Waals surface area contributed by atoms with Crippen LogP contribution in [0.2, 0.25) is 5.02 Å². The summed E-state index contributed by atoms with van der Waals surface area (Å²) in [6, 6.07) is 17.5. The lowest BCUT2D eigenvalue weighted by atomic mass is 10.1. The predicted molar refractivity (Wildman–Crippen MR) is 123 cm³/mol. The van der Waals surface area contributed by atoms with E-state index in [-0.39, 0.29) is 5.91 Å². The van der Waals surface area contributed by atoms with Crippen LogP contribution in [-0.2, 0) is 13.1 Å². The Balaban J connectivity index is 1.44. The minimum absolute atomic E-state index is 0.200. The summed E-state index contributed by atoms with van der Waals surface area (Å²) in [5, 5.41) is 12.5. The molecule has 0 radical (unpaired) electrons. The summed E-state index contributed by atoms with van der Waals surface area (Å²) in [7, 11) is 0. The quantitative estimate of drug-likeness (QED) is 0.465. The summed E-state index contributed by atoms with van der Waals surface area (Å²) in [5.41, 5.74) is 5.66. The van der Waals surface area contributed by atoms with Gasteiger partial charge < -0.3 is 5.32 Å². The van der Waals surface area contributed by atoms with Crippen LogP contribution in [0.3, 0.4) is 0 Å². The molecule has 0 aliphatic heterocycles. The number of rotatable bonds is 6. The molecule has 4 aromatic rings. The van der Waals surface area contributed by atoms with Crippen LogP contribution in [-0.4, -0.2) is 25.5 Å². The molecule has 6 nitrogen and oxygen atoms in total. The molecular formula is C24H24ClN5O. The summed E-state index contributed by atoms with van der Waals surface area (Å²) < 4.78 is 3.67. The lowest BCUT2D eigenvalue weighted by Crippen LogP contribution is -2.14. The number of nitrogens with zero attached hydrogens (tertiary/aromatic N) is 4. The Labute approximate surface area is 186 Å². The summed E-state index contributed by atoms with van der Waals surface area (Å²) in [5.74, 6) is 0.323. The van der Waals surface area contributed by atoms with E-state index in [1.807, 2.05) is 59.7 Å². The second-order valence-electron chi connectivity index (χ2n) is 7.62. The zero-order valence-corrected chi connectivity index (χ0v) is 18.5. The van der Waals surface area contributed by atoms with Gasteiger partial charge in [0.05, 0.1) is 29.5 Å². The average molecular weight is 434 g/mol. The van der Waals surface area contributed by atoms with Gasteiger partial charge in [0, 0.05) is 17.8 Å². The number of halogens is 1. The number of hydrogen-bond acceptors (Lipinski definition) is 3. The van der Waals surface area contributed by atoms with Crippen LogP contribution < -0.4 is 5.32 Å². The average Bonchev–Trinajstić information content (AvgIpc) is 3.29. The monoisotopic (exact) mass is 433 g/mol. The SMILES string of the molecule is Cc1ccccc1Cn1ccc(NC(=O)c2cccc(Cn3nc(C)c(Cl)c3C)c2)n1. The van der Waals surface area contributed by atoms with Crippen LogP contribution in [0.5, 0.6) is 0 Å². The fraction of sp³-hybridized carbons (Fsp3) is 0.208. The third-order valence-electron chi connectivity index (χ3n) is 5.29. The van der Waals surface area contributed by atoms with Gasteiger partial charge in [-0.05, 0) is 49.6 Å². The molecule has 2 aromatic carbocycles. The minimum Gasteiger partial charge on any atom is -0.305 e. The molecule has 0 saturated carbocycles. The highest BCUT2D eigenvalue weighted by molar-refractivity contribution is 6.31. The zero-order chi connectivity index (χ0) is 22.0. The van der Waals surface area contributed by atoms with Crippen LogP contribution in [0, 0.1) is 20.8 Å². The molecule has 2 aromatic heterocycles. The molecule has 0 aliphatic rings. The molecular weight excluding hydrogens is 410 g/mol. The lowest BCUT2D eigenvalue weighted by Gasteiger charge is -2.08. The van der Waals surface area contributed by atoms with Crippen LogP contribution in [0.25, 0.3) is 0 Å². The van der Waals surface area contributed by atoms with Crippen molar-refractivity contribution >= 4 is 23.3 Å². The maximum Gasteiger partial charge on any atom is 0.256 e. The first kappa shape index (κ1) is 20.9. The number of aromatic nitrogens is 4. The molecule has 0 bridgehead atoms. The lowest BCUT2D eigenvalue weighted by molar-refractivity contribution is 0.102. The fourth-order valence-electron chi connectivity index (χ4n) is 3.48. The largest absolute Gasteiger partial charge is 0.305 e. The van der Waals surface area contributed by atoms with Crippen molar-refractivity contribution in [1.82, 2.24) is 19.6 Å². The van der Waals surface area contributed by atoms with Crippen molar-refractivity contribution in [2.24, 2.45) is 0 Å². The predicted octanol–water partition coefficient (Wildman–Crippen LogP) is 5.01. The molecule has 0 unspecified atom stereocenters. The summed E-state index contributed by atoms with van der Waals surface area (Å²) in [4.78, 5) is 12.8. The number of aryl methyl sites for hydroxylation is 2. The number of nitrogens with one attached hydrogen (secondary N) is 1. The molecule has 2 heterocycles. The Morgan fingerprint density at radius 2 is 1.81 bits per heavy atom. The van der Waals surface area contributed by atoms with E-state index in [9.17, 15) is 4.79 Å². The molecule has 1 amide bonds. The highest BCUT2D eigenvalue weighted by Gasteiger charge is 2.12. The molecule has 0 saturated heterocycles. The second kappa shape index (κ2) is 8.78. The van der Waals surface area contributed by atoms with E-state index in [1.54, 1.807) is 12.1 Å². The smallest absolute Gasteiger partial charge is 0.256 e. The van der Waals surface area contributed by atoms with Crippen molar-refractivity contribution in [1.29, 1.82) is 0 Å². The molecule has 31 heavy (non-hydrogen) atoms. The summed E-state index contributed by atoms with van der Waals surface area (Å²) in [6.45, 7) is 7.10. The van der Waals surface area contributed by atoms with Gasteiger partial charge in [-0.15, -0.1) is 0 Å². The van der Waals surface area contributed by atoms with Gasteiger partial charge >= 0.3 is 0 Å². The Morgan fingerprint density at radius 3 is 2.55 bits per heavy atom. The van der Waals surface area contributed by atoms with E-state index in [0.29, 0.717) is 29.5 Å². The highest BCUT2D eigenvalue weighted by Crippen LogP contribution is 2.20. The van der Waals surface area contributed by atoms with Crippen molar-refractivity contribution in [3.05, 3.63) is 99.5 Å². The Morgan fingerprint density at radius 1 is 1.00 bits per heavy atom. The third-order valence-corrected chi connectivity index (χ3v) is 5.84. The minimum atomic E-state index is -0.200. The molecule has 7 heteroatoms. The van der Waals surface area contributed by atoms with Crippen LogP contribution in [0.15, 0.2) is 60.8 Å². The molecule has 158 valence electrons. The van der Waals surface area contributed by atoms with Gasteiger partial charge in [-0.1, -0.05) is 48.0 Å². The zero-order valence-electron chi connectivity index (χ0n) is 17.8. The maximum atomic E-state index is 12.8. The Bertz CT molecular complexity index is 1240. The highest BCUT2D eigenvalue weighted by atomic mass is 35.5. The first-order chi connectivity index (χ1) is 14.9. The van der Waals surface area contributed by atoms with Crippen LogP contribution >= 0.6 is 11.6 Å². The molecule has 0 fully saturated rings. The number of carbonyl (C=O) groups excluding carboxylic acids is 1. The normalized spacial score (nSPS) is 11.0. The topological polar surface area (TPSA) is 64.7 Å². The number of carbonyl (C=O) groups is 1. The molecule has 4 rings (SSSR count). The number of anilines is 1. The van der Waals surface area contributed by atoms with Crippen molar-refractivity contribution in [3.8, 4) is 0 Å². The number of benzene rings is 2. The van der Waals surface area contributed by atoms with Gasteiger partial charge in [0.1, 0.15) is 0 Å². The van der Waals surface area contributed by atoms with Crippen LogP contribution in [0.1, 0.15) is 38.4 Å². The van der Waals surface area contributed by atoms with Gasteiger partial charge in [0.2, 0.25) is 0 Å². The number of amides is 1. The standard InChI is InChI=1S/C24H24ClN5O/c1-16-7-4-5-9-21(16)15-29-12-11-22(28-29)26-24(31)20-10-6-8-19(13-20)14-30-18(3)23(25)17(2)27-30/h4-13H,14-15H2,1-3H3,(H,26,28,31). The Hall–Kier alpha value is -3.38. The van der Waals surface area contributed by atoms with Gasteiger partial charge in [0.25, 0.3) is 5.91 Å². The van der Waals surface area contributed by atoms with E-state index in [2.05, 4.69) is 34.6 Å². The van der Waals surface area contributed by atoms with Crippen molar-refractivity contribution < 1.29 is 4.79 Å². The van der Waals surface area contributed by atoms with Gasteiger partial charge in [0.15, 0.2) is 5.82 Å². The number of hydrogen-bond donors (Lipinski definition) is 1. The van der Waals surface area contributed by atoms with Crippen LogP contribution in [0.4, 0.5) is 5.82 Å². The summed E-state index contributed by atoms with van der Waals surface area (Å²) in [6.07, 6.45) is 1.87. The van der Waals surface area contributed by atoms with E-state index < -0.39 is 0 Å². The molecule has 1 N–H and O–H groups in total. The van der Waals surface area contributed by atoms with Gasteiger partial charge in [-0.25, -0.2) is 0 Å². The molecule has 0 aliphatic carbocycles. The third kappa shape index (κ3) is 4.70. The van der Waals surface area contributed by atoms with Crippen molar-refractivity contribution in [3.63, 3.8) is 0 Å². The first-order valence-electron chi connectivity index (χ1n) is 10.1. The van der Waals surface area contributed by atoms with E-state index in [1.165, 1.54) is 11.1 Å². The van der Waals surface area contributed by atoms with Gasteiger partial charge in [-0.2, -0.15) is 10.2 Å². The molecule has 0 spiro atoms. The first-order valence-corrected chi connectivity index (χ1v) is 10.5. The van der Waals surface area contributed by atoms with Crippen molar-refractivity contribution in [2.75, 3.05) is 5.32 Å². The Kier molecular flexibility index (Phi) is 5.91.